The molecule has 3 aliphatic carbocycles. The van der Waals surface area contributed by atoms with Gasteiger partial charge in [-0.2, -0.15) is 0 Å². The molecule has 0 saturated heterocycles. The van der Waals surface area contributed by atoms with Gasteiger partial charge in [0, 0.05) is 19.8 Å². The third kappa shape index (κ3) is 2.76. The predicted molar refractivity (Wildman–Crippen MR) is 146 cm³/mol. The fourth-order valence-corrected chi connectivity index (χ4v) is 7.94. The van der Waals surface area contributed by atoms with Gasteiger partial charge >= 0.3 is 0 Å². The normalized spacial score (nSPS) is 22.0. The van der Waals surface area contributed by atoms with Crippen LogP contribution in [0.25, 0.3) is 10.5 Å². The highest BCUT2D eigenvalue weighted by atomic mass is 79.9. The Kier molecular flexibility index (Phi) is 4.46. The zero-order chi connectivity index (χ0) is 22.2. The first-order chi connectivity index (χ1) is 16.2. The van der Waals surface area contributed by atoms with Crippen molar-refractivity contribution in [2.75, 3.05) is 0 Å². The first-order valence-corrected chi connectivity index (χ1v) is 13.4. The Morgan fingerprint density at radius 1 is 0.606 bits per heavy atom. The minimum absolute atomic E-state index is 0.216. The summed E-state index contributed by atoms with van der Waals surface area (Å²) in [6.07, 6.45) is 2.46. The smallest absolute Gasteiger partial charge is 0.0963 e. The number of hydrogen-bond acceptors (Lipinski definition) is 1. The second-order valence-electron chi connectivity index (χ2n) is 8.74. The minimum atomic E-state index is -0.216. The second-order valence-corrected chi connectivity index (χ2v) is 11.8. The maximum atomic E-state index is 3.63. The average molecular weight is 570 g/mol. The molecular weight excluding hydrogens is 552 g/mol. The van der Waals surface area contributed by atoms with Crippen molar-refractivity contribution in [3.8, 4) is 0 Å². The molecule has 0 N–H and O–H groups in total. The summed E-state index contributed by atoms with van der Waals surface area (Å²) in [5, 5.41) is 0. The number of allylic oxidation sites excluding steroid dienone is 2. The molecule has 4 aromatic rings. The molecular formula is C30H18Br2S. The topological polar surface area (TPSA) is 0 Å². The lowest BCUT2D eigenvalue weighted by Crippen LogP contribution is -2.37. The van der Waals surface area contributed by atoms with E-state index in [9.17, 15) is 0 Å². The van der Waals surface area contributed by atoms with Crippen LogP contribution in [0.1, 0.15) is 39.3 Å². The number of benzene rings is 4. The van der Waals surface area contributed by atoms with Crippen LogP contribution in [-0.4, -0.2) is 0 Å². The molecule has 4 aromatic carbocycles. The largest absolute Gasteiger partial charge is 0.104 e. The zero-order valence-electron chi connectivity index (χ0n) is 17.6. The Labute approximate surface area is 214 Å². The maximum absolute atomic E-state index is 3.63. The van der Waals surface area contributed by atoms with Crippen molar-refractivity contribution in [3.05, 3.63) is 151 Å². The lowest BCUT2D eigenvalue weighted by atomic mass is 9.59. The molecule has 0 atom stereocenters. The van der Waals surface area contributed by atoms with Crippen molar-refractivity contribution in [2.45, 2.75) is 10.7 Å². The van der Waals surface area contributed by atoms with Gasteiger partial charge in [0.05, 0.1) is 4.75 Å². The van der Waals surface area contributed by atoms with E-state index in [1.807, 2.05) is 11.8 Å². The summed E-state index contributed by atoms with van der Waals surface area (Å²) in [7, 11) is 0. The van der Waals surface area contributed by atoms with Crippen LogP contribution in [0.3, 0.4) is 0 Å². The lowest BCUT2D eigenvalue weighted by Gasteiger charge is -2.49. The number of halogens is 2. The van der Waals surface area contributed by atoms with Crippen molar-refractivity contribution in [3.63, 3.8) is 0 Å². The SMILES string of the molecule is Brc1ccc(C2=CC3=C(c4ccc(Br)cc4)C4c5ccccc5C3(S2)c2ccccc24)cc1. The summed E-state index contributed by atoms with van der Waals surface area (Å²) >= 11 is 9.23. The van der Waals surface area contributed by atoms with Crippen LogP contribution in [0.4, 0.5) is 0 Å². The van der Waals surface area contributed by atoms with Gasteiger partial charge in [-0.15, -0.1) is 11.8 Å². The van der Waals surface area contributed by atoms with Crippen molar-refractivity contribution in [2.24, 2.45) is 0 Å². The summed E-state index contributed by atoms with van der Waals surface area (Å²) < 4.78 is 2.00. The number of hydrogen-bond donors (Lipinski definition) is 0. The Morgan fingerprint density at radius 3 is 1.70 bits per heavy atom. The highest BCUT2D eigenvalue weighted by Gasteiger charge is 2.55. The summed E-state index contributed by atoms with van der Waals surface area (Å²) in [5.74, 6) is 0.247. The number of thioether (sulfide) groups is 1. The van der Waals surface area contributed by atoms with E-state index in [0.717, 1.165) is 8.95 Å². The third-order valence-electron chi connectivity index (χ3n) is 7.08. The van der Waals surface area contributed by atoms with Crippen LogP contribution in [0.15, 0.2) is 118 Å². The molecule has 0 fully saturated rings. The maximum Gasteiger partial charge on any atom is 0.0963 e. The second kappa shape index (κ2) is 7.33. The fourth-order valence-electron chi connectivity index (χ4n) is 5.78. The van der Waals surface area contributed by atoms with Gasteiger partial charge in [-0.3, -0.25) is 0 Å². The predicted octanol–water partition coefficient (Wildman–Crippen LogP) is 9.16. The van der Waals surface area contributed by atoms with E-state index in [0.29, 0.717) is 0 Å². The van der Waals surface area contributed by atoms with Crippen molar-refractivity contribution < 1.29 is 0 Å². The third-order valence-corrected chi connectivity index (χ3v) is 9.68. The minimum Gasteiger partial charge on any atom is -0.104 e. The van der Waals surface area contributed by atoms with E-state index in [1.165, 1.54) is 49.4 Å². The van der Waals surface area contributed by atoms with Crippen LogP contribution in [0.5, 0.6) is 0 Å². The van der Waals surface area contributed by atoms with Gasteiger partial charge in [-0.1, -0.05) is 105 Å². The molecule has 0 unspecified atom stereocenters. The molecule has 8 rings (SSSR count). The quantitative estimate of drug-likeness (QED) is 0.232. The number of rotatable bonds is 2. The van der Waals surface area contributed by atoms with Crippen LogP contribution in [-0.2, 0) is 4.75 Å². The highest BCUT2D eigenvalue weighted by Crippen LogP contribution is 2.70. The van der Waals surface area contributed by atoms with Crippen LogP contribution < -0.4 is 0 Å². The highest BCUT2D eigenvalue weighted by molar-refractivity contribution is 9.10. The fraction of sp³-hybridized carbons (Fsp3) is 0.0667. The summed E-state index contributed by atoms with van der Waals surface area (Å²) in [4.78, 5) is 1.33. The van der Waals surface area contributed by atoms with Gasteiger partial charge < -0.3 is 0 Å². The molecule has 1 aliphatic heterocycles. The van der Waals surface area contributed by atoms with E-state index in [4.69, 9.17) is 0 Å². The van der Waals surface area contributed by atoms with Gasteiger partial charge in [-0.05, 0) is 74.9 Å². The van der Waals surface area contributed by atoms with Gasteiger partial charge in [-0.25, -0.2) is 0 Å². The molecule has 0 nitrogen and oxygen atoms in total. The van der Waals surface area contributed by atoms with Crippen molar-refractivity contribution in [1.29, 1.82) is 0 Å². The van der Waals surface area contributed by atoms with Gasteiger partial charge in [0.1, 0.15) is 0 Å². The van der Waals surface area contributed by atoms with Gasteiger partial charge in [0.25, 0.3) is 0 Å². The molecule has 0 aromatic heterocycles. The molecule has 2 bridgehead atoms. The first-order valence-electron chi connectivity index (χ1n) is 11.0. The zero-order valence-corrected chi connectivity index (χ0v) is 21.5. The summed E-state index contributed by atoms with van der Waals surface area (Å²) in [6, 6.07) is 35.7. The van der Waals surface area contributed by atoms with Crippen LogP contribution in [0.2, 0.25) is 0 Å². The molecule has 158 valence electrons. The van der Waals surface area contributed by atoms with Crippen LogP contribution >= 0.6 is 43.6 Å². The monoisotopic (exact) mass is 568 g/mol. The molecule has 0 amide bonds. The molecule has 0 saturated carbocycles. The lowest BCUT2D eigenvalue weighted by molar-refractivity contribution is 0.761. The Hall–Kier alpha value is -2.33. The Morgan fingerprint density at radius 2 is 1.12 bits per heavy atom. The Balaban J connectivity index is 1.57. The van der Waals surface area contributed by atoms with Crippen molar-refractivity contribution >= 4 is 54.1 Å². The van der Waals surface area contributed by atoms with E-state index in [2.05, 4.69) is 135 Å². The molecule has 1 heterocycles. The van der Waals surface area contributed by atoms with Gasteiger partial charge in [0.15, 0.2) is 0 Å². The summed E-state index contributed by atoms with van der Waals surface area (Å²) in [6.45, 7) is 0. The molecule has 33 heavy (non-hydrogen) atoms. The molecule has 4 aliphatic rings. The standard InChI is InChI=1S/C30H18Br2S/c31-20-13-9-18(10-14-20)27-17-26-28(19-11-15-21(32)16-12-19)29-22-5-1-3-7-24(22)30(26,33-27)25-8-4-2-6-23(25)29/h1-17,29H. The van der Waals surface area contributed by atoms with Crippen molar-refractivity contribution in [1.82, 2.24) is 0 Å². The molecule has 1 spiro atoms. The van der Waals surface area contributed by atoms with E-state index in [-0.39, 0.29) is 10.7 Å². The first kappa shape index (κ1) is 20.1. The van der Waals surface area contributed by atoms with E-state index in [1.54, 1.807) is 0 Å². The molecule has 0 radical (unpaired) electrons. The molecule has 3 heteroatoms. The van der Waals surface area contributed by atoms with Crippen LogP contribution in [0, 0.1) is 0 Å². The van der Waals surface area contributed by atoms with E-state index < -0.39 is 0 Å². The Bertz CT molecular complexity index is 1450. The van der Waals surface area contributed by atoms with Gasteiger partial charge in [0.2, 0.25) is 0 Å². The van der Waals surface area contributed by atoms with E-state index >= 15 is 0 Å². The average Bonchev–Trinajstić information content (AvgIpc) is 3.27. The summed E-state index contributed by atoms with van der Waals surface area (Å²) in [5.41, 5.74) is 11.2.